The van der Waals surface area contributed by atoms with Gasteiger partial charge in [-0.3, -0.25) is 4.98 Å². The predicted octanol–water partition coefficient (Wildman–Crippen LogP) is 2.49. The van der Waals surface area contributed by atoms with Crippen LogP contribution in [0.4, 0.5) is 5.82 Å². The van der Waals surface area contributed by atoms with E-state index in [0.29, 0.717) is 12.4 Å². The number of nitrogens with zero attached hydrogens (tertiary/aromatic N) is 4. The molecule has 2 aromatic rings. The van der Waals surface area contributed by atoms with Gasteiger partial charge >= 0.3 is 0 Å². The molecule has 0 radical (unpaired) electrons. The summed E-state index contributed by atoms with van der Waals surface area (Å²) in [6.07, 6.45) is 7.72. The molecule has 2 atom stereocenters. The van der Waals surface area contributed by atoms with E-state index < -0.39 is 11.4 Å². The minimum atomic E-state index is -0.985. The molecule has 140 valence electrons. The highest BCUT2D eigenvalue weighted by atomic mass is 32.2. The van der Waals surface area contributed by atoms with E-state index in [9.17, 15) is 4.55 Å². The van der Waals surface area contributed by atoms with Gasteiger partial charge in [-0.05, 0) is 49.9 Å². The zero-order valence-corrected chi connectivity index (χ0v) is 16.5. The van der Waals surface area contributed by atoms with Gasteiger partial charge in [-0.2, -0.15) is 0 Å². The predicted molar refractivity (Wildman–Crippen MR) is 107 cm³/mol. The Labute approximate surface area is 158 Å². The molecule has 0 spiro atoms. The molecule has 6 nitrogen and oxygen atoms in total. The molecule has 2 aromatic heterocycles. The second-order valence-electron chi connectivity index (χ2n) is 6.60. The number of rotatable bonds is 6. The number of hydrogen-bond acceptors (Lipinski definition) is 6. The Balaban J connectivity index is 1.89. The second-order valence-corrected chi connectivity index (χ2v) is 8.39. The fourth-order valence-corrected chi connectivity index (χ4v) is 4.19. The fraction of sp³-hybridized carbons (Fsp3) is 0.474. The maximum Gasteiger partial charge on any atom is 0.132 e. The topological polar surface area (TPSA) is 81.3 Å². The lowest BCUT2D eigenvalue weighted by Gasteiger charge is -2.29. The van der Waals surface area contributed by atoms with E-state index in [2.05, 4.69) is 33.9 Å². The third-order valence-corrected chi connectivity index (χ3v) is 6.48. The molecule has 2 N–H and O–H groups in total. The average Bonchev–Trinajstić information content (AvgIpc) is 2.71. The summed E-state index contributed by atoms with van der Waals surface area (Å²) in [5.41, 5.74) is 10.2. The summed E-state index contributed by atoms with van der Waals surface area (Å²) in [5.74, 6) is 1.61. The van der Waals surface area contributed by atoms with Crippen molar-refractivity contribution in [2.24, 2.45) is 5.73 Å². The molecular weight excluding hydrogens is 346 g/mol. The smallest absolute Gasteiger partial charge is 0.132 e. The third kappa shape index (κ3) is 3.86. The summed E-state index contributed by atoms with van der Waals surface area (Å²) in [6.45, 7) is 5.44. The van der Waals surface area contributed by atoms with Gasteiger partial charge in [0, 0.05) is 54.7 Å². The SMILES string of the molecule is CC[S+]([O-])N(C)[C@H](C)c1cncc(-c2cnc3c(c2)CCCN3CN)c1. The summed E-state index contributed by atoms with van der Waals surface area (Å²) in [4.78, 5) is 11.2. The zero-order chi connectivity index (χ0) is 18.7. The Morgan fingerprint density at radius 2 is 2.08 bits per heavy atom. The summed E-state index contributed by atoms with van der Waals surface area (Å²) >= 11 is -0.985. The maximum atomic E-state index is 12.1. The van der Waals surface area contributed by atoms with Crippen LogP contribution in [0.1, 0.15) is 37.4 Å². The lowest BCUT2D eigenvalue weighted by Crippen LogP contribution is -2.35. The first-order valence-electron chi connectivity index (χ1n) is 9.05. The first-order chi connectivity index (χ1) is 12.5. The Bertz CT molecular complexity index is 756. The molecule has 0 fully saturated rings. The van der Waals surface area contributed by atoms with Crippen LogP contribution in [0.3, 0.4) is 0 Å². The number of hydrogen-bond donors (Lipinski definition) is 1. The van der Waals surface area contributed by atoms with Crippen molar-refractivity contribution >= 4 is 17.2 Å². The van der Waals surface area contributed by atoms with Gasteiger partial charge in [0.15, 0.2) is 0 Å². The van der Waals surface area contributed by atoms with E-state index in [4.69, 9.17) is 5.73 Å². The molecule has 1 aliphatic heterocycles. The quantitative estimate of drug-likeness (QED) is 0.784. The van der Waals surface area contributed by atoms with Gasteiger partial charge in [-0.15, -0.1) is 4.31 Å². The molecule has 1 unspecified atom stereocenters. The van der Waals surface area contributed by atoms with E-state index >= 15 is 0 Å². The van der Waals surface area contributed by atoms with Gasteiger partial charge in [-0.1, -0.05) is 0 Å². The lowest BCUT2D eigenvalue weighted by molar-refractivity contribution is 0.398. The maximum absolute atomic E-state index is 12.1. The lowest BCUT2D eigenvalue weighted by atomic mass is 10.00. The van der Waals surface area contributed by atoms with Crippen LogP contribution in [-0.4, -0.2) is 44.8 Å². The van der Waals surface area contributed by atoms with Crippen molar-refractivity contribution < 1.29 is 4.55 Å². The minimum Gasteiger partial charge on any atom is -0.598 e. The van der Waals surface area contributed by atoms with E-state index in [1.165, 1.54) is 5.56 Å². The van der Waals surface area contributed by atoms with Crippen molar-refractivity contribution in [1.29, 1.82) is 0 Å². The molecule has 26 heavy (non-hydrogen) atoms. The van der Waals surface area contributed by atoms with Gasteiger partial charge in [0.1, 0.15) is 11.6 Å². The number of nitrogens with two attached hydrogens (primary N) is 1. The monoisotopic (exact) mass is 373 g/mol. The van der Waals surface area contributed by atoms with Crippen LogP contribution in [0.2, 0.25) is 0 Å². The van der Waals surface area contributed by atoms with E-state index in [-0.39, 0.29) is 6.04 Å². The number of aryl methyl sites for hydroxylation is 1. The molecule has 3 rings (SSSR count). The van der Waals surface area contributed by atoms with Crippen LogP contribution in [-0.2, 0) is 17.8 Å². The van der Waals surface area contributed by atoms with Crippen molar-refractivity contribution in [2.75, 3.05) is 30.9 Å². The first kappa shape index (κ1) is 19.1. The van der Waals surface area contributed by atoms with Gasteiger partial charge in [0.25, 0.3) is 0 Å². The molecule has 3 heterocycles. The normalized spacial score (nSPS) is 16.5. The van der Waals surface area contributed by atoms with Crippen molar-refractivity contribution in [3.05, 3.63) is 41.9 Å². The Kier molecular flexibility index (Phi) is 6.13. The van der Waals surface area contributed by atoms with Gasteiger partial charge in [0.2, 0.25) is 0 Å². The van der Waals surface area contributed by atoms with E-state index in [1.54, 1.807) is 0 Å². The second kappa shape index (κ2) is 8.35. The molecule has 0 amide bonds. The highest BCUT2D eigenvalue weighted by molar-refractivity contribution is 7.89. The van der Waals surface area contributed by atoms with Crippen LogP contribution in [0, 0.1) is 0 Å². The number of anilines is 1. The highest BCUT2D eigenvalue weighted by Gasteiger charge is 2.22. The molecule has 7 heteroatoms. The molecular formula is C19H27N5OS. The average molecular weight is 374 g/mol. The van der Waals surface area contributed by atoms with Crippen LogP contribution >= 0.6 is 0 Å². The molecule has 0 bridgehead atoms. The van der Waals surface area contributed by atoms with E-state index in [1.807, 2.05) is 36.9 Å². The van der Waals surface area contributed by atoms with Crippen molar-refractivity contribution in [3.63, 3.8) is 0 Å². The van der Waals surface area contributed by atoms with Gasteiger partial charge in [0.05, 0.1) is 12.7 Å². The van der Waals surface area contributed by atoms with E-state index in [0.717, 1.165) is 41.9 Å². The fourth-order valence-electron chi connectivity index (χ4n) is 3.31. The van der Waals surface area contributed by atoms with Crippen molar-refractivity contribution in [1.82, 2.24) is 14.3 Å². The summed E-state index contributed by atoms with van der Waals surface area (Å²) in [7, 11) is 1.89. The van der Waals surface area contributed by atoms with Crippen LogP contribution < -0.4 is 10.6 Å². The molecule has 0 saturated carbocycles. The molecule has 1 aliphatic rings. The number of fused-ring (bicyclic) bond motifs is 1. The van der Waals surface area contributed by atoms with Crippen LogP contribution in [0.5, 0.6) is 0 Å². The van der Waals surface area contributed by atoms with Crippen molar-refractivity contribution in [3.8, 4) is 11.1 Å². The van der Waals surface area contributed by atoms with Crippen molar-refractivity contribution in [2.45, 2.75) is 32.7 Å². The van der Waals surface area contributed by atoms with Crippen LogP contribution in [0.25, 0.3) is 11.1 Å². The Morgan fingerprint density at radius 3 is 2.81 bits per heavy atom. The van der Waals surface area contributed by atoms with Crippen LogP contribution in [0.15, 0.2) is 30.7 Å². The standard InChI is InChI=1S/C19H27N5OS/c1-4-26(25)23(3)14(2)16-9-17(11-21-10-16)18-8-15-6-5-7-24(13-20)19(15)22-12-18/h8-12,14H,4-7,13,20H2,1-3H3/t14-,26?/m1/s1. The van der Waals surface area contributed by atoms with Gasteiger partial charge in [-0.25, -0.2) is 4.98 Å². The zero-order valence-electron chi connectivity index (χ0n) is 15.7. The molecule has 0 saturated heterocycles. The minimum absolute atomic E-state index is 0.0292. The molecule has 0 aromatic carbocycles. The van der Waals surface area contributed by atoms with Gasteiger partial charge < -0.3 is 15.2 Å². The summed E-state index contributed by atoms with van der Waals surface area (Å²) in [6, 6.07) is 4.35. The Morgan fingerprint density at radius 1 is 1.31 bits per heavy atom. The number of aromatic nitrogens is 2. The summed E-state index contributed by atoms with van der Waals surface area (Å²) in [5, 5.41) is 0. The highest BCUT2D eigenvalue weighted by Crippen LogP contribution is 2.30. The number of pyridine rings is 2. The summed E-state index contributed by atoms with van der Waals surface area (Å²) < 4.78 is 14.0. The third-order valence-electron chi connectivity index (χ3n) is 5.03. The Hall–Kier alpha value is -1.67. The molecule has 0 aliphatic carbocycles. The first-order valence-corrected chi connectivity index (χ1v) is 10.3. The largest absolute Gasteiger partial charge is 0.598 e.